The molecule has 0 unspecified atom stereocenters. The third-order valence-corrected chi connectivity index (χ3v) is 2.54. The Kier molecular flexibility index (Phi) is 10.1. The van der Waals surface area contributed by atoms with Crippen LogP contribution in [0.2, 0.25) is 0 Å². The molecule has 1 aromatic carbocycles. The lowest BCUT2D eigenvalue weighted by Gasteiger charge is -2.06. The van der Waals surface area contributed by atoms with Crippen molar-refractivity contribution in [1.29, 1.82) is 0 Å². The Morgan fingerprint density at radius 3 is 2.38 bits per heavy atom. The van der Waals surface area contributed by atoms with Crippen molar-refractivity contribution in [2.75, 3.05) is 13.1 Å². The molecule has 0 amide bonds. The summed E-state index contributed by atoms with van der Waals surface area (Å²) < 4.78 is 0. The van der Waals surface area contributed by atoms with Crippen LogP contribution in [-0.2, 0) is 6.42 Å². The molecule has 0 aliphatic rings. The topological polar surface area (TPSA) is 12.0 Å². The van der Waals surface area contributed by atoms with Crippen molar-refractivity contribution in [2.45, 2.75) is 47.0 Å². The molecule has 0 aliphatic carbocycles. The molecule has 0 saturated carbocycles. The summed E-state index contributed by atoms with van der Waals surface area (Å²) in [5.41, 5.74) is 2.88. The molecule has 0 saturated heterocycles. The molecule has 1 heteroatoms. The zero-order chi connectivity index (χ0) is 12.2. The maximum Gasteiger partial charge on any atom is -0.000825 e. The van der Waals surface area contributed by atoms with Crippen LogP contribution in [0.4, 0.5) is 0 Å². The van der Waals surface area contributed by atoms with E-state index < -0.39 is 0 Å². The first-order chi connectivity index (χ1) is 7.84. The summed E-state index contributed by atoms with van der Waals surface area (Å²) in [5.74, 6) is 0. The predicted molar refractivity (Wildman–Crippen MR) is 74.0 cm³/mol. The Labute approximate surface area is 101 Å². The summed E-state index contributed by atoms with van der Waals surface area (Å²) >= 11 is 0. The van der Waals surface area contributed by atoms with E-state index >= 15 is 0 Å². The highest BCUT2D eigenvalue weighted by atomic mass is 14.8. The highest BCUT2D eigenvalue weighted by molar-refractivity contribution is 5.25. The first kappa shape index (κ1) is 15.2. The van der Waals surface area contributed by atoms with Gasteiger partial charge in [-0.15, -0.1) is 0 Å². The average Bonchev–Trinajstić information content (AvgIpc) is 2.34. The molecule has 92 valence electrons. The van der Waals surface area contributed by atoms with Gasteiger partial charge in [0.05, 0.1) is 0 Å². The first-order valence-electron chi connectivity index (χ1n) is 6.60. The monoisotopic (exact) mass is 221 g/mol. The largest absolute Gasteiger partial charge is 0.316 e. The molecule has 1 rings (SSSR count). The van der Waals surface area contributed by atoms with E-state index in [0.717, 1.165) is 19.5 Å². The summed E-state index contributed by atoms with van der Waals surface area (Å²) in [7, 11) is 0. The molecule has 16 heavy (non-hydrogen) atoms. The Balaban J connectivity index is 0.00000106. The zero-order valence-electron chi connectivity index (χ0n) is 11.3. The maximum atomic E-state index is 3.46. The summed E-state index contributed by atoms with van der Waals surface area (Å²) in [6.45, 7) is 10.7. The molecule has 0 atom stereocenters. The van der Waals surface area contributed by atoms with Gasteiger partial charge in [-0.05, 0) is 44.0 Å². The van der Waals surface area contributed by atoms with Crippen molar-refractivity contribution in [3.05, 3.63) is 35.4 Å². The van der Waals surface area contributed by atoms with Crippen molar-refractivity contribution in [2.24, 2.45) is 0 Å². The van der Waals surface area contributed by atoms with Crippen molar-refractivity contribution >= 4 is 0 Å². The van der Waals surface area contributed by atoms with E-state index in [0.29, 0.717) is 0 Å². The molecule has 1 aromatic rings. The van der Waals surface area contributed by atoms with Gasteiger partial charge in [0, 0.05) is 0 Å². The fourth-order valence-corrected chi connectivity index (χ4v) is 1.54. The SMILES string of the molecule is CC.CCCCNCCc1ccccc1C. The summed E-state index contributed by atoms with van der Waals surface area (Å²) in [4.78, 5) is 0. The van der Waals surface area contributed by atoms with Crippen molar-refractivity contribution < 1.29 is 0 Å². The molecule has 0 spiro atoms. The highest BCUT2D eigenvalue weighted by Crippen LogP contribution is 2.06. The molecule has 0 aromatic heterocycles. The van der Waals surface area contributed by atoms with Crippen LogP contribution >= 0.6 is 0 Å². The van der Waals surface area contributed by atoms with Crippen molar-refractivity contribution in [3.8, 4) is 0 Å². The van der Waals surface area contributed by atoms with Crippen molar-refractivity contribution in [3.63, 3.8) is 0 Å². The highest BCUT2D eigenvalue weighted by Gasteiger charge is 1.95. The lowest BCUT2D eigenvalue weighted by molar-refractivity contribution is 0.639. The van der Waals surface area contributed by atoms with Gasteiger partial charge in [-0.1, -0.05) is 51.5 Å². The van der Waals surface area contributed by atoms with Crippen LogP contribution in [0.15, 0.2) is 24.3 Å². The van der Waals surface area contributed by atoms with Crippen LogP contribution in [0.3, 0.4) is 0 Å². The van der Waals surface area contributed by atoms with E-state index in [1.807, 2.05) is 13.8 Å². The molecule has 0 aliphatic heterocycles. The molecule has 0 radical (unpaired) electrons. The van der Waals surface area contributed by atoms with Crippen LogP contribution in [0.1, 0.15) is 44.7 Å². The number of nitrogens with one attached hydrogen (secondary N) is 1. The van der Waals surface area contributed by atoms with Gasteiger partial charge in [0.2, 0.25) is 0 Å². The van der Waals surface area contributed by atoms with Crippen molar-refractivity contribution in [1.82, 2.24) is 5.32 Å². The lowest BCUT2D eigenvalue weighted by atomic mass is 10.1. The Morgan fingerprint density at radius 2 is 1.75 bits per heavy atom. The standard InChI is InChI=1S/C13H21N.C2H6/c1-3-4-10-14-11-9-13-8-6-5-7-12(13)2;1-2/h5-8,14H,3-4,9-11H2,1-2H3;1-2H3. The van der Waals surface area contributed by atoms with E-state index in [9.17, 15) is 0 Å². The van der Waals surface area contributed by atoms with Gasteiger partial charge in [-0.25, -0.2) is 0 Å². The number of rotatable bonds is 6. The molecule has 0 bridgehead atoms. The molecule has 0 heterocycles. The van der Waals surface area contributed by atoms with E-state index in [4.69, 9.17) is 0 Å². The smallest absolute Gasteiger partial charge is 0.000825 e. The Hall–Kier alpha value is -0.820. The lowest BCUT2D eigenvalue weighted by Crippen LogP contribution is -2.18. The van der Waals surface area contributed by atoms with Gasteiger partial charge < -0.3 is 5.32 Å². The average molecular weight is 221 g/mol. The van der Waals surface area contributed by atoms with Crippen LogP contribution in [0, 0.1) is 6.92 Å². The van der Waals surface area contributed by atoms with Gasteiger partial charge >= 0.3 is 0 Å². The van der Waals surface area contributed by atoms with E-state index in [2.05, 4.69) is 43.4 Å². The van der Waals surface area contributed by atoms with Gasteiger partial charge in [0.1, 0.15) is 0 Å². The number of aryl methyl sites for hydroxylation is 1. The quantitative estimate of drug-likeness (QED) is 0.717. The minimum absolute atomic E-state index is 1.10. The normalized spacial score (nSPS) is 9.50. The van der Waals surface area contributed by atoms with E-state index in [1.165, 1.54) is 24.0 Å². The number of hydrogen-bond acceptors (Lipinski definition) is 1. The fraction of sp³-hybridized carbons (Fsp3) is 0.600. The third-order valence-electron chi connectivity index (χ3n) is 2.54. The molecular formula is C15H27N. The van der Waals surface area contributed by atoms with Gasteiger partial charge in [-0.3, -0.25) is 0 Å². The summed E-state index contributed by atoms with van der Waals surface area (Å²) in [6, 6.07) is 8.62. The Morgan fingerprint density at radius 1 is 1.06 bits per heavy atom. The maximum absolute atomic E-state index is 3.46. The summed E-state index contributed by atoms with van der Waals surface area (Å²) in [5, 5.41) is 3.46. The van der Waals surface area contributed by atoms with E-state index in [1.54, 1.807) is 0 Å². The van der Waals surface area contributed by atoms with Crippen LogP contribution in [0.25, 0.3) is 0 Å². The fourth-order valence-electron chi connectivity index (χ4n) is 1.54. The molecular weight excluding hydrogens is 194 g/mol. The number of hydrogen-bond donors (Lipinski definition) is 1. The minimum atomic E-state index is 1.10. The van der Waals surface area contributed by atoms with Crippen LogP contribution < -0.4 is 5.32 Å². The molecule has 0 fully saturated rings. The number of unbranched alkanes of at least 4 members (excludes halogenated alkanes) is 1. The minimum Gasteiger partial charge on any atom is -0.316 e. The second kappa shape index (κ2) is 10.7. The van der Waals surface area contributed by atoms with Crippen LogP contribution in [0.5, 0.6) is 0 Å². The van der Waals surface area contributed by atoms with Gasteiger partial charge in [0.15, 0.2) is 0 Å². The third kappa shape index (κ3) is 6.62. The van der Waals surface area contributed by atoms with E-state index in [-0.39, 0.29) is 0 Å². The second-order valence-corrected chi connectivity index (χ2v) is 3.78. The first-order valence-corrected chi connectivity index (χ1v) is 6.60. The molecule has 1 nitrogen and oxygen atoms in total. The van der Waals surface area contributed by atoms with Gasteiger partial charge in [0.25, 0.3) is 0 Å². The second-order valence-electron chi connectivity index (χ2n) is 3.78. The number of benzene rings is 1. The van der Waals surface area contributed by atoms with Gasteiger partial charge in [-0.2, -0.15) is 0 Å². The zero-order valence-corrected chi connectivity index (χ0v) is 11.3. The molecule has 1 N–H and O–H groups in total. The van der Waals surface area contributed by atoms with Crippen LogP contribution in [-0.4, -0.2) is 13.1 Å². The predicted octanol–water partition coefficient (Wildman–Crippen LogP) is 3.95. The summed E-state index contributed by atoms with van der Waals surface area (Å²) in [6.07, 6.45) is 3.71. The Bertz CT molecular complexity index is 255.